The average Bonchev–Trinajstić information content (AvgIpc) is 2.46. The van der Waals surface area contributed by atoms with E-state index in [0.29, 0.717) is 17.4 Å². The molecule has 2 aromatic rings. The number of methoxy groups -OCH3 is 1. The van der Waals surface area contributed by atoms with Crippen LogP contribution >= 0.6 is 0 Å². The first-order valence-corrected chi connectivity index (χ1v) is 6.30. The molecule has 19 heavy (non-hydrogen) atoms. The minimum atomic E-state index is 0.625. The van der Waals surface area contributed by atoms with Gasteiger partial charge in [0, 0.05) is 12.2 Å². The molecule has 0 fully saturated rings. The zero-order valence-corrected chi connectivity index (χ0v) is 11.2. The van der Waals surface area contributed by atoms with Gasteiger partial charge in [-0.3, -0.25) is 0 Å². The van der Waals surface area contributed by atoms with Gasteiger partial charge in [0.2, 0.25) is 5.75 Å². The molecule has 5 heteroatoms. The molecule has 0 radical (unpaired) electrons. The van der Waals surface area contributed by atoms with E-state index in [-0.39, 0.29) is 0 Å². The lowest BCUT2D eigenvalue weighted by Gasteiger charge is -2.13. The summed E-state index contributed by atoms with van der Waals surface area (Å²) >= 11 is 0. The van der Waals surface area contributed by atoms with E-state index in [2.05, 4.69) is 27.5 Å². The Morgan fingerprint density at radius 3 is 2.53 bits per heavy atom. The summed E-state index contributed by atoms with van der Waals surface area (Å²) in [6.45, 7) is 2.95. The number of nitrogens with zero attached hydrogens (tertiary/aromatic N) is 2. The average molecular weight is 258 g/mol. The first-order valence-electron chi connectivity index (χ1n) is 6.30. The van der Waals surface area contributed by atoms with Crippen LogP contribution in [0.25, 0.3) is 0 Å². The highest BCUT2D eigenvalue weighted by atomic mass is 16.5. The van der Waals surface area contributed by atoms with E-state index in [1.54, 1.807) is 7.11 Å². The Morgan fingerprint density at radius 2 is 1.84 bits per heavy atom. The van der Waals surface area contributed by atoms with Crippen molar-refractivity contribution < 1.29 is 4.74 Å². The summed E-state index contributed by atoms with van der Waals surface area (Å²) in [7, 11) is 1.62. The summed E-state index contributed by atoms with van der Waals surface area (Å²) < 4.78 is 5.40. The SMILES string of the molecule is CCCNc1ncnc(Nc2ccccc2)c1OC. The van der Waals surface area contributed by atoms with Crippen LogP contribution in [0.3, 0.4) is 0 Å². The second kappa shape index (κ2) is 6.58. The van der Waals surface area contributed by atoms with Gasteiger partial charge in [0.05, 0.1) is 7.11 Å². The molecule has 1 aromatic carbocycles. The molecule has 0 amide bonds. The number of ether oxygens (including phenoxy) is 1. The number of anilines is 3. The van der Waals surface area contributed by atoms with Crippen molar-refractivity contribution in [2.45, 2.75) is 13.3 Å². The highest BCUT2D eigenvalue weighted by Crippen LogP contribution is 2.30. The quantitative estimate of drug-likeness (QED) is 0.834. The summed E-state index contributed by atoms with van der Waals surface area (Å²) in [5.74, 6) is 1.99. The molecule has 0 aliphatic carbocycles. The van der Waals surface area contributed by atoms with Crippen LogP contribution < -0.4 is 15.4 Å². The van der Waals surface area contributed by atoms with Gasteiger partial charge < -0.3 is 15.4 Å². The molecular formula is C14H18N4O. The number of para-hydroxylation sites is 1. The fourth-order valence-electron chi connectivity index (χ4n) is 1.68. The standard InChI is InChI=1S/C14H18N4O/c1-3-9-15-13-12(19-2)14(17-10-16-13)18-11-7-5-4-6-8-11/h4-8,10H,3,9H2,1-2H3,(H2,15,16,17,18). The van der Waals surface area contributed by atoms with Gasteiger partial charge in [0.15, 0.2) is 11.6 Å². The molecule has 5 nitrogen and oxygen atoms in total. The zero-order chi connectivity index (χ0) is 13.5. The highest BCUT2D eigenvalue weighted by molar-refractivity contribution is 5.69. The summed E-state index contributed by atoms with van der Waals surface area (Å²) in [4.78, 5) is 8.43. The van der Waals surface area contributed by atoms with E-state index in [9.17, 15) is 0 Å². The van der Waals surface area contributed by atoms with Crippen molar-refractivity contribution in [2.24, 2.45) is 0 Å². The van der Waals surface area contributed by atoms with Crippen LogP contribution in [0.4, 0.5) is 17.3 Å². The number of hydrogen-bond acceptors (Lipinski definition) is 5. The van der Waals surface area contributed by atoms with Gasteiger partial charge in [-0.1, -0.05) is 25.1 Å². The third-order valence-corrected chi connectivity index (χ3v) is 2.59. The lowest BCUT2D eigenvalue weighted by Crippen LogP contribution is -2.07. The number of nitrogens with one attached hydrogen (secondary N) is 2. The van der Waals surface area contributed by atoms with Crippen molar-refractivity contribution in [2.75, 3.05) is 24.3 Å². The summed E-state index contributed by atoms with van der Waals surface area (Å²) in [6.07, 6.45) is 2.54. The minimum Gasteiger partial charge on any atom is -0.490 e. The minimum absolute atomic E-state index is 0.625. The van der Waals surface area contributed by atoms with Crippen LogP contribution in [-0.4, -0.2) is 23.6 Å². The first kappa shape index (κ1) is 13.1. The Kier molecular flexibility index (Phi) is 4.55. The Morgan fingerprint density at radius 1 is 1.11 bits per heavy atom. The third kappa shape index (κ3) is 3.34. The molecule has 1 aromatic heterocycles. The Labute approximate surface area is 113 Å². The Hall–Kier alpha value is -2.30. The van der Waals surface area contributed by atoms with Crippen LogP contribution in [-0.2, 0) is 0 Å². The molecule has 0 aliphatic rings. The second-order valence-electron chi connectivity index (χ2n) is 4.02. The van der Waals surface area contributed by atoms with Gasteiger partial charge in [-0.15, -0.1) is 0 Å². The van der Waals surface area contributed by atoms with Crippen LogP contribution in [0, 0.1) is 0 Å². The predicted octanol–water partition coefficient (Wildman–Crippen LogP) is 3.05. The van der Waals surface area contributed by atoms with Gasteiger partial charge in [-0.25, -0.2) is 9.97 Å². The molecule has 0 unspecified atom stereocenters. The summed E-state index contributed by atoms with van der Waals surface area (Å²) in [5.41, 5.74) is 0.959. The van der Waals surface area contributed by atoms with E-state index in [1.165, 1.54) is 6.33 Å². The molecule has 0 aliphatic heterocycles. The number of benzene rings is 1. The lowest BCUT2D eigenvalue weighted by molar-refractivity contribution is 0.415. The van der Waals surface area contributed by atoms with Gasteiger partial charge in [-0.2, -0.15) is 0 Å². The summed E-state index contributed by atoms with van der Waals surface area (Å²) in [6, 6.07) is 9.84. The maximum absolute atomic E-state index is 5.40. The van der Waals surface area contributed by atoms with E-state index in [0.717, 1.165) is 18.7 Å². The second-order valence-corrected chi connectivity index (χ2v) is 4.02. The van der Waals surface area contributed by atoms with E-state index < -0.39 is 0 Å². The van der Waals surface area contributed by atoms with Crippen molar-refractivity contribution in [3.05, 3.63) is 36.7 Å². The molecule has 0 atom stereocenters. The van der Waals surface area contributed by atoms with Crippen LogP contribution in [0.2, 0.25) is 0 Å². The normalized spacial score (nSPS) is 10.0. The Bertz CT molecular complexity index is 516. The predicted molar refractivity (Wildman–Crippen MR) is 77.1 cm³/mol. The van der Waals surface area contributed by atoms with Gasteiger partial charge >= 0.3 is 0 Å². The largest absolute Gasteiger partial charge is 0.490 e. The number of hydrogen-bond donors (Lipinski definition) is 2. The fraction of sp³-hybridized carbons (Fsp3) is 0.286. The lowest BCUT2D eigenvalue weighted by atomic mass is 10.3. The van der Waals surface area contributed by atoms with Crippen molar-refractivity contribution in [1.82, 2.24) is 9.97 Å². The Balaban J connectivity index is 2.24. The maximum Gasteiger partial charge on any atom is 0.204 e. The molecule has 0 spiro atoms. The third-order valence-electron chi connectivity index (χ3n) is 2.59. The molecule has 2 rings (SSSR count). The zero-order valence-electron chi connectivity index (χ0n) is 11.2. The topological polar surface area (TPSA) is 59.1 Å². The van der Waals surface area contributed by atoms with Crippen LogP contribution in [0.1, 0.15) is 13.3 Å². The van der Waals surface area contributed by atoms with Crippen molar-refractivity contribution >= 4 is 17.3 Å². The molecule has 2 N–H and O–H groups in total. The van der Waals surface area contributed by atoms with Crippen molar-refractivity contribution in [3.8, 4) is 5.75 Å². The molecule has 0 saturated carbocycles. The van der Waals surface area contributed by atoms with Crippen molar-refractivity contribution in [3.63, 3.8) is 0 Å². The number of aromatic nitrogens is 2. The van der Waals surface area contributed by atoms with E-state index >= 15 is 0 Å². The van der Waals surface area contributed by atoms with Gasteiger partial charge in [0.25, 0.3) is 0 Å². The van der Waals surface area contributed by atoms with Crippen LogP contribution in [0.5, 0.6) is 5.75 Å². The van der Waals surface area contributed by atoms with E-state index in [4.69, 9.17) is 4.74 Å². The summed E-state index contributed by atoms with van der Waals surface area (Å²) in [5, 5.41) is 6.45. The van der Waals surface area contributed by atoms with Gasteiger partial charge in [0.1, 0.15) is 6.33 Å². The van der Waals surface area contributed by atoms with E-state index in [1.807, 2.05) is 30.3 Å². The molecule has 0 bridgehead atoms. The monoisotopic (exact) mass is 258 g/mol. The smallest absolute Gasteiger partial charge is 0.204 e. The van der Waals surface area contributed by atoms with Gasteiger partial charge in [-0.05, 0) is 18.6 Å². The first-order chi connectivity index (χ1) is 9.35. The number of rotatable bonds is 6. The molecular weight excluding hydrogens is 240 g/mol. The molecule has 0 saturated heterocycles. The fourth-order valence-corrected chi connectivity index (χ4v) is 1.68. The molecule has 100 valence electrons. The van der Waals surface area contributed by atoms with Crippen molar-refractivity contribution in [1.29, 1.82) is 0 Å². The maximum atomic E-state index is 5.40. The highest BCUT2D eigenvalue weighted by Gasteiger charge is 2.11. The molecule has 1 heterocycles. The van der Waals surface area contributed by atoms with Crippen LogP contribution in [0.15, 0.2) is 36.7 Å².